The minimum Gasteiger partial charge on any atom is -0.385 e. The van der Waals surface area contributed by atoms with Gasteiger partial charge >= 0.3 is 0 Å². The molecule has 25 heavy (non-hydrogen) atoms. The molecule has 0 bridgehead atoms. The second-order valence-corrected chi connectivity index (χ2v) is 8.30. The van der Waals surface area contributed by atoms with Crippen molar-refractivity contribution in [2.45, 2.75) is 37.2 Å². The highest BCUT2D eigenvalue weighted by molar-refractivity contribution is 7.89. The molecule has 1 aromatic rings. The van der Waals surface area contributed by atoms with Crippen LogP contribution in [0.25, 0.3) is 0 Å². The van der Waals surface area contributed by atoms with Crippen molar-refractivity contribution in [3.05, 3.63) is 34.4 Å². The Labute approximate surface area is 148 Å². The van der Waals surface area contributed by atoms with Crippen molar-refractivity contribution < 1.29 is 18.1 Å². The molecule has 0 aromatic heterocycles. The summed E-state index contributed by atoms with van der Waals surface area (Å²) in [7, 11) is -2.09. The van der Waals surface area contributed by atoms with Crippen LogP contribution in [-0.4, -0.2) is 68.0 Å². The van der Waals surface area contributed by atoms with Crippen LogP contribution >= 0.6 is 0 Å². The predicted molar refractivity (Wildman–Crippen MR) is 94.0 cm³/mol. The lowest BCUT2D eigenvalue weighted by Crippen LogP contribution is -2.58. The fourth-order valence-corrected chi connectivity index (χ4v) is 4.89. The summed E-state index contributed by atoms with van der Waals surface area (Å²) in [4.78, 5) is 12.6. The van der Waals surface area contributed by atoms with Crippen LogP contribution in [0, 0.1) is 10.1 Å². The molecule has 0 spiro atoms. The minimum absolute atomic E-state index is 0.0334. The summed E-state index contributed by atoms with van der Waals surface area (Å²) in [6, 6.07) is 5.35. The van der Waals surface area contributed by atoms with Gasteiger partial charge in [-0.2, -0.15) is 4.31 Å². The average Bonchev–Trinajstić information content (AvgIpc) is 2.57. The lowest BCUT2D eigenvalue weighted by molar-refractivity contribution is -0.385. The van der Waals surface area contributed by atoms with E-state index in [2.05, 4.69) is 4.90 Å². The summed E-state index contributed by atoms with van der Waals surface area (Å²) in [5.41, 5.74) is -0.222. The maximum absolute atomic E-state index is 12.9. The highest BCUT2D eigenvalue weighted by Gasteiger charge is 2.36. The van der Waals surface area contributed by atoms with Gasteiger partial charge in [-0.3, -0.25) is 15.0 Å². The van der Waals surface area contributed by atoms with Crippen LogP contribution in [0.4, 0.5) is 5.69 Å². The van der Waals surface area contributed by atoms with Crippen molar-refractivity contribution in [3.63, 3.8) is 0 Å². The van der Waals surface area contributed by atoms with Crippen molar-refractivity contribution in [2.75, 3.05) is 33.4 Å². The van der Waals surface area contributed by atoms with Crippen molar-refractivity contribution in [1.82, 2.24) is 9.21 Å². The van der Waals surface area contributed by atoms with Gasteiger partial charge in [-0.05, 0) is 26.3 Å². The standard InChI is InChI=1S/C16H25N3O5S/c1-13-11-17(12-14(2)18(13)8-5-9-24-3)25(22,23)16-7-4-6-15(10-16)19(20)21/h4,6-7,10,13-14H,5,8-9,11-12H2,1-3H3. The fraction of sp³-hybridized carbons (Fsp3) is 0.625. The minimum atomic E-state index is -3.75. The molecular formula is C16H25N3O5S. The zero-order valence-corrected chi connectivity index (χ0v) is 15.6. The van der Waals surface area contributed by atoms with E-state index in [9.17, 15) is 18.5 Å². The van der Waals surface area contributed by atoms with E-state index in [1.807, 2.05) is 13.8 Å². The van der Waals surface area contributed by atoms with Gasteiger partial charge in [-0.15, -0.1) is 0 Å². The molecule has 1 aliphatic rings. The Morgan fingerprint density at radius 3 is 2.48 bits per heavy atom. The fourth-order valence-electron chi connectivity index (χ4n) is 3.24. The van der Waals surface area contributed by atoms with Crippen LogP contribution in [-0.2, 0) is 14.8 Å². The van der Waals surface area contributed by atoms with E-state index in [-0.39, 0.29) is 22.7 Å². The van der Waals surface area contributed by atoms with Crippen LogP contribution in [0.1, 0.15) is 20.3 Å². The molecule has 2 unspecified atom stereocenters. The van der Waals surface area contributed by atoms with Crippen LogP contribution < -0.4 is 0 Å². The van der Waals surface area contributed by atoms with Gasteiger partial charge in [0.25, 0.3) is 5.69 Å². The summed E-state index contributed by atoms with van der Waals surface area (Å²) in [6.07, 6.45) is 0.892. The highest BCUT2D eigenvalue weighted by atomic mass is 32.2. The molecule has 1 saturated heterocycles. The molecule has 9 heteroatoms. The van der Waals surface area contributed by atoms with Crippen LogP contribution in [0.15, 0.2) is 29.2 Å². The molecule has 0 radical (unpaired) electrons. The Balaban J connectivity index is 2.16. The molecule has 1 fully saturated rings. The summed E-state index contributed by atoms with van der Waals surface area (Å²) in [5, 5.41) is 10.9. The van der Waals surface area contributed by atoms with E-state index in [0.29, 0.717) is 19.7 Å². The Morgan fingerprint density at radius 2 is 1.92 bits per heavy atom. The van der Waals surface area contributed by atoms with Crippen LogP contribution in [0.3, 0.4) is 0 Å². The van der Waals surface area contributed by atoms with Gasteiger partial charge in [-0.25, -0.2) is 8.42 Å². The number of methoxy groups -OCH3 is 1. The molecule has 0 saturated carbocycles. The molecule has 1 aliphatic heterocycles. The topological polar surface area (TPSA) is 93.0 Å². The van der Waals surface area contributed by atoms with E-state index in [1.54, 1.807) is 7.11 Å². The summed E-state index contributed by atoms with van der Waals surface area (Å²) in [6.45, 7) is 6.24. The lowest BCUT2D eigenvalue weighted by atomic mass is 10.1. The first-order valence-corrected chi connectivity index (χ1v) is 9.70. The van der Waals surface area contributed by atoms with E-state index in [4.69, 9.17) is 4.74 Å². The van der Waals surface area contributed by atoms with Gasteiger partial charge in [0.05, 0.1) is 9.82 Å². The lowest BCUT2D eigenvalue weighted by Gasteiger charge is -2.43. The van der Waals surface area contributed by atoms with E-state index in [0.717, 1.165) is 19.0 Å². The summed E-state index contributed by atoms with van der Waals surface area (Å²) in [5.74, 6) is 0. The average molecular weight is 371 g/mol. The number of hydrogen-bond donors (Lipinski definition) is 0. The molecular weight excluding hydrogens is 346 g/mol. The molecule has 140 valence electrons. The predicted octanol–water partition coefficient (Wildman–Crippen LogP) is 1.71. The monoisotopic (exact) mass is 371 g/mol. The first-order chi connectivity index (χ1) is 11.8. The molecule has 0 amide bonds. The Bertz CT molecular complexity index is 697. The van der Waals surface area contributed by atoms with Gasteiger partial charge < -0.3 is 4.74 Å². The number of piperazine rings is 1. The maximum Gasteiger partial charge on any atom is 0.270 e. The molecule has 2 rings (SSSR count). The quantitative estimate of drug-likeness (QED) is 0.412. The van der Waals surface area contributed by atoms with Crippen LogP contribution in [0.5, 0.6) is 0 Å². The second kappa shape index (κ2) is 8.22. The van der Waals surface area contributed by atoms with Gasteiger partial charge in [0.2, 0.25) is 10.0 Å². The zero-order chi connectivity index (χ0) is 18.6. The van der Waals surface area contributed by atoms with E-state index in [1.165, 1.54) is 22.5 Å². The largest absolute Gasteiger partial charge is 0.385 e. The van der Waals surface area contributed by atoms with Crippen molar-refractivity contribution in [1.29, 1.82) is 0 Å². The number of ether oxygens (including phenoxy) is 1. The summed E-state index contributed by atoms with van der Waals surface area (Å²) < 4.78 is 32.3. The highest BCUT2D eigenvalue weighted by Crippen LogP contribution is 2.25. The number of nitrogens with zero attached hydrogens (tertiary/aromatic N) is 3. The van der Waals surface area contributed by atoms with Crippen LogP contribution in [0.2, 0.25) is 0 Å². The molecule has 0 N–H and O–H groups in total. The smallest absolute Gasteiger partial charge is 0.270 e. The third kappa shape index (κ3) is 4.55. The zero-order valence-electron chi connectivity index (χ0n) is 14.8. The number of sulfonamides is 1. The maximum atomic E-state index is 12.9. The van der Waals surface area contributed by atoms with Crippen molar-refractivity contribution in [2.24, 2.45) is 0 Å². The molecule has 1 heterocycles. The summed E-state index contributed by atoms with van der Waals surface area (Å²) >= 11 is 0. The number of non-ortho nitro benzene ring substituents is 1. The first kappa shape index (κ1) is 19.8. The van der Waals surface area contributed by atoms with Gasteiger partial charge in [-0.1, -0.05) is 6.07 Å². The number of hydrogen-bond acceptors (Lipinski definition) is 6. The molecule has 1 aromatic carbocycles. The van der Waals surface area contributed by atoms with E-state index < -0.39 is 14.9 Å². The number of rotatable bonds is 7. The Morgan fingerprint density at radius 1 is 1.28 bits per heavy atom. The Kier molecular flexibility index (Phi) is 6.50. The first-order valence-electron chi connectivity index (χ1n) is 8.26. The third-order valence-corrected chi connectivity index (χ3v) is 6.33. The SMILES string of the molecule is COCCCN1C(C)CN(S(=O)(=O)c2cccc([N+](=O)[O-])c2)CC1C. The normalized spacial score (nSPS) is 22.8. The van der Waals surface area contributed by atoms with Crippen molar-refractivity contribution in [3.8, 4) is 0 Å². The van der Waals surface area contributed by atoms with Gasteiger partial charge in [0.15, 0.2) is 0 Å². The Hall–Kier alpha value is -1.55. The second-order valence-electron chi connectivity index (χ2n) is 6.36. The number of benzene rings is 1. The van der Waals surface area contributed by atoms with E-state index >= 15 is 0 Å². The molecule has 2 atom stereocenters. The third-order valence-electron chi connectivity index (χ3n) is 4.50. The number of nitro benzene ring substituents is 1. The van der Waals surface area contributed by atoms with Crippen molar-refractivity contribution >= 4 is 15.7 Å². The number of nitro groups is 1. The van der Waals surface area contributed by atoms with Gasteiger partial charge in [0.1, 0.15) is 0 Å². The van der Waals surface area contributed by atoms with Gasteiger partial charge in [0, 0.05) is 57.6 Å². The molecule has 8 nitrogen and oxygen atoms in total. The molecule has 0 aliphatic carbocycles.